The largest absolute Gasteiger partial charge is 0.413 e. The Hall–Kier alpha value is -0.123. The Morgan fingerprint density at radius 3 is 2.10 bits per heavy atom. The third-order valence-corrected chi connectivity index (χ3v) is 20.2. The number of allylic oxidation sites excluding steroid dienone is 2. The number of aliphatic hydroxyl groups excluding tert-OH is 1. The van der Waals surface area contributed by atoms with E-state index in [0.717, 1.165) is 5.92 Å². The maximum absolute atomic E-state index is 11.3. The SMILES string of the molecule is CC(O)[C@]12CCC(C)(C)C[C@H]1C1=CCC3[C@@]4(C)CCC(O[Si](C)(C)C(C)(C)C)C(C)(C)C4CC[C@@]3(C)[C@@]1(C)CC2. The van der Waals surface area contributed by atoms with Gasteiger partial charge in [0.1, 0.15) is 0 Å². The monoisotopic (exact) mass is 570 g/mol. The number of rotatable bonds is 3. The number of hydrogen-bond donors (Lipinski definition) is 1. The van der Waals surface area contributed by atoms with Crippen LogP contribution in [-0.2, 0) is 4.43 Å². The standard InChI is InChI=1S/C37H66O2Si/c1-25(38)37-22-20-32(5,6)24-27(37)26-14-15-29-34(9)18-17-30(39-40(12,13)31(2,3)4)33(7,8)28(34)16-19-36(29,11)35(26,10)21-23-37/h14,25,27-30,38H,15-24H2,1-13H3/t25?,27-,28?,29?,30?,34-,35-,36+,37+/m0/s1. The van der Waals surface area contributed by atoms with Crippen LogP contribution >= 0.6 is 0 Å². The van der Waals surface area contributed by atoms with Gasteiger partial charge in [-0.15, -0.1) is 0 Å². The summed E-state index contributed by atoms with van der Waals surface area (Å²) in [7, 11) is -1.82. The van der Waals surface area contributed by atoms with Crippen LogP contribution in [0.25, 0.3) is 0 Å². The molecule has 0 heterocycles. The second kappa shape index (κ2) is 9.20. The van der Waals surface area contributed by atoms with Crippen LogP contribution in [-0.4, -0.2) is 25.6 Å². The molecule has 4 unspecified atom stereocenters. The van der Waals surface area contributed by atoms with E-state index in [1.807, 2.05) is 0 Å². The summed E-state index contributed by atoms with van der Waals surface area (Å²) < 4.78 is 7.23. The summed E-state index contributed by atoms with van der Waals surface area (Å²) in [6.07, 6.45) is 15.6. The molecule has 5 rings (SSSR count). The summed E-state index contributed by atoms with van der Waals surface area (Å²) in [5.74, 6) is 1.99. The fourth-order valence-electron chi connectivity index (χ4n) is 11.7. The minimum absolute atomic E-state index is 0.0896. The molecule has 4 fully saturated rings. The summed E-state index contributed by atoms with van der Waals surface area (Å²) in [5.41, 5.74) is 3.37. The zero-order valence-corrected chi connectivity index (χ0v) is 29.9. The molecule has 230 valence electrons. The highest BCUT2D eigenvalue weighted by atomic mass is 28.4. The molecule has 40 heavy (non-hydrogen) atoms. The smallest absolute Gasteiger partial charge is 0.192 e. The van der Waals surface area contributed by atoms with Gasteiger partial charge in [-0.3, -0.25) is 0 Å². The second-order valence-electron chi connectivity index (χ2n) is 19.4. The van der Waals surface area contributed by atoms with Crippen LogP contribution in [0, 0.1) is 50.2 Å². The minimum atomic E-state index is -1.82. The van der Waals surface area contributed by atoms with Crippen molar-refractivity contribution in [1.82, 2.24) is 0 Å². The lowest BCUT2D eigenvalue weighted by molar-refractivity contribution is -0.205. The summed E-state index contributed by atoms with van der Waals surface area (Å²) in [5, 5.41) is 11.5. The highest BCUT2D eigenvalue weighted by Crippen LogP contribution is 2.76. The maximum Gasteiger partial charge on any atom is 0.192 e. The molecule has 0 saturated heterocycles. The van der Waals surface area contributed by atoms with Gasteiger partial charge in [0.15, 0.2) is 8.32 Å². The van der Waals surface area contributed by atoms with Crippen LogP contribution in [0.2, 0.25) is 18.1 Å². The van der Waals surface area contributed by atoms with Crippen molar-refractivity contribution in [2.45, 2.75) is 171 Å². The molecule has 0 aromatic heterocycles. The average molecular weight is 571 g/mol. The van der Waals surface area contributed by atoms with Gasteiger partial charge in [0.2, 0.25) is 0 Å². The first kappa shape index (κ1) is 31.3. The average Bonchev–Trinajstić information content (AvgIpc) is 2.80. The van der Waals surface area contributed by atoms with Crippen molar-refractivity contribution in [1.29, 1.82) is 0 Å². The Kier molecular flexibility index (Phi) is 7.20. The van der Waals surface area contributed by atoms with Gasteiger partial charge in [0, 0.05) is 5.41 Å². The molecule has 0 amide bonds. The van der Waals surface area contributed by atoms with Gasteiger partial charge in [0.05, 0.1) is 12.2 Å². The van der Waals surface area contributed by atoms with Crippen molar-refractivity contribution in [3.8, 4) is 0 Å². The van der Waals surface area contributed by atoms with E-state index in [1.54, 1.807) is 5.57 Å². The van der Waals surface area contributed by atoms with Gasteiger partial charge in [-0.1, -0.05) is 80.9 Å². The van der Waals surface area contributed by atoms with Gasteiger partial charge < -0.3 is 9.53 Å². The van der Waals surface area contributed by atoms with Crippen molar-refractivity contribution in [3.63, 3.8) is 0 Å². The van der Waals surface area contributed by atoms with Crippen LogP contribution in [0.1, 0.15) is 140 Å². The fourth-order valence-corrected chi connectivity index (χ4v) is 13.2. The van der Waals surface area contributed by atoms with E-state index >= 15 is 0 Å². The first-order chi connectivity index (χ1) is 18.1. The lowest BCUT2D eigenvalue weighted by atomic mass is 9.33. The van der Waals surface area contributed by atoms with E-state index in [9.17, 15) is 5.11 Å². The molecule has 4 saturated carbocycles. The Labute approximate surface area is 250 Å². The van der Waals surface area contributed by atoms with E-state index in [4.69, 9.17) is 4.43 Å². The maximum atomic E-state index is 11.3. The predicted molar refractivity (Wildman–Crippen MR) is 173 cm³/mol. The Morgan fingerprint density at radius 1 is 0.875 bits per heavy atom. The van der Waals surface area contributed by atoms with Gasteiger partial charge in [0.25, 0.3) is 0 Å². The first-order valence-corrected chi connectivity index (χ1v) is 20.0. The van der Waals surface area contributed by atoms with E-state index in [2.05, 4.69) is 95.3 Å². The van der Waals surface area contributed by atoms with Crippen molar-refractivity contribution in [2.75, 3.05) is 0 Å². The Balaban J connectivity index is 1.50. The highest BCUT2D eigenvalue weighted by molar-refractivity contribution is 6.74. The zero-order chi connectivity index (χ0) is 29.9. The lowest BCUT2D eigenvalue weighted by Crippen LogP contribution is -2.65. The van der Waals surface area contributed by atoms with Crippen LogP contribution in [0.3, 0.4) is 0 Å². The first-order valence-electron chi connectivity index (χ1n) is 17.1. The third kappa shape index (κ3) is 4.19. The molecule has 0 radical (unpaired) electrons. The normalized spacial score (nSPS) is 47.2. The number of aliphatic hydroxyl groups is 1. The number of fused-ring (bicyclic) bond motifs is 7. The molecule has 0 aromatic carbocycles. The van der Waals surface area contributed by atoms with Crippen LogP contribution in [0.5, 0.6) is 0 Å². The predicted octanol–water partition coefficient (Wildman–Crippen LogP) is 10.6. The molecule has 5 aliphatic rings. The second-order valence-corrected chi connectivity index (χ2v) is 24.1. The molecular formula is C37H66O2Si. The lowest BCUT2D eigenvalue weighted by Gasteiger charge is -2.72. The molecular weight excluding hydrogens is 504 g/mol. The van der Waals surface area contributed by atoms with E-state index in [-0.39, 0.29) is 27.4 Å². The molecule has 3 heteroatoms. The summed E-state index contributed by atoms with van der Waals surface area (Å²) in [6, 6.07) is 0. The van der Waals surface area contributed by atoms with Crippen molar-refractivity contribution in [3.05, 3.63) is 11.6 Å². The van der Waals surface area contributed by atoms with E-state index in [0.29, 0.717) is 34.2 Å². The molecule has 0 spiro atoms. The summed E-state index contributed by atoms with van der Waals surface area (Å²) in [6.45, 7) is 32.4. The molecule has 0 aliphatic heterocycles. The highest BCUT2D eigenvalue weighted by Gasteiger charge is 2.69. The van der Waals surface area contributed by atoms with Crippen molar-refractivity contribution < 1.29 is 9.53 Å². The third-order valence-electron chi connectivity index (χ3n) is 15.7. The van der Waals surface area contributed by atoms with Gasteiger partial charge >= 0.3 is 0 Å². The Bertz CT molecular complexity index is 1030. The van der Waals surface area contributed by atoms with E-state index in [1.165, 1.54) is 64.2 Å². The van der Waals surface area contributed by atoms with Crippen molar-refractivity contribution in [2.24, 2.45) is 50.2 Å². The molecule has 9 atom stereocenters. The Morgan fingerprint density at radius 2 is 1.50 bits per heavy atom. The molecule has 5 aliphatic carbocycles. The minimum Gasteiger partial charge on any atom is -0.413 e. The van der Waals surface area contributed by atoms with E-state index < -0.39 is 8.32 Å². The quantitative estimate of drug-likeness (QED) is 0.270. The number of hydrogen-bond acceptors (Lipinski definition) is 2. The topological polar surface area (TPSA) is 29.5 Å². The summed E-state index contributed by atoms with van der Waals surface area (Å²) in [4.78, 5) is 0. The molecule has 2 nitrogen and oxygen atoms in total. The van der Waals surface area contributed by atoms with Gasteiger partial charge in [-0.25, -0.2) is 0 Å². The molecule has 0 bridgehead atoms. The fraction of sp³-hybridized carbons (Fsp3) is 0.946. The van der Waals surface area contributed by atoms with Crippen molar-refractivity contribution >= 4 is 8.32 Å². The van der Waals surface area contributed by atoms with Crippen LogP contribution < -0.4 is 0 Å². The van der Waals surface area contributed by atoms with Crippen LogP contribution in [0.4, 0.5) is 0 Å². The van der Waals surface area contributed by atoms with Gasteiger partial charge in [-0.2, -0.15) is 0 Å². The van der Waals surface area contributed by atoms with Crippen LogP contribution in [0.15, 0.2) is 11.6 Å². The molecule has 1 N–H and O–H groups in total. The molecule has 0 aromatic rings. The summed E-state index contributed by atoms with van der Waals surface area (Å²) >= 11 is 0. The zero-order valence-electron chi connectivity index (χ0n) is 28.9. The van der Waals surface area contributed by atoms with Gasteiger partial charge in [-0.05, 0) is 134 Å².